The van der Waals surface area contributed by atoms with Crippen LogP contribution in [0.5, 0.6) is 5.75 Å². The average Bonchev–Trinajstić information content (AvgIpc) is 2.29. The van der Waals surface area contributed by atoms with Crippen molar-refractivity contribution in [3.8, 4) is 5.75 Å². The Morgan fingerprint density at radius 2 is 2.38 bits per heavy atom. The fourth-order valence-electron chi connectivity index (χ4n) is 0.959. The third-order valence-corrected chi connectivity index (χ3v) is 1.97. The molecule has 16 heavy (non-hydrogen) atoms. The van der Waals surface area contributed by atoms with Crippen LogP contribution in [-0.2, 0) is 0 Å². The van der Waals surface area contributed by atoms with Crippen LogP contribution >= 0.6 is 11.6 Å². The molecule has 0 aliphatic carbocycles. The molecule has 0 amide bonds. The molecule has 0 heterocycles. The predicted octanol–water partition coefficient (Wildman–Crippen LogP) is 1.19. The van der Waals surface area contributed by atoms with E-state index in [9.17, 15) is 0 Å². The molecule has 0 atom stereocenters. The van der Waals surface area contributed by atoms with Gasteiger partial charge in [-0.05, 0) is 23.8 Å². The molecule has 6 nitrogen and oxygen atoms in total. The highest BCUT2D eigenvalue weighted by Gasteiger charge is 1.99. The molecule has 0 radical (unpaired) electrons. The summed E-state index contributed by atoms with van der Waals surface area (Å²) >= 11 is 5.90. The third-order valence-electron chi connectivity index (χ3n) is 1.68. The van der Waals surface area contributed by atoms with Gasteiger partial charge in [0.2, 0.25) is 5.96 Å². The first-order valence-corrected chi connectivity index (χ1v) is 4.66. The quantitative estimate of drug-likeness (QED) is 0.364. The fraction of sp³-hybridized carbons (Fsp3) is 0.111. The zero-order valence-electron chi connectivity index (χ0n) is 8.49. The molecule has 0 aliphatic heterocycles. The zero-order valence-corrected chi connectivity index (χ0v) is 9.25. The van der Waals surface area contributed by atoms with E-state index < -0.39 is 0 Å². The molecule has 0 saturated heterocycles. The largest absolute Gasteiger partial charge is 0.495 e. The van der Waals surface area contributed by atoms with Crippen LogP contribution in [0.2, 0.25) is 5.02 Å². The zero-order chi connectivity index (χ0) is 12.0. The van der Waals surface area contributed by atoms with E-state index in [0.717, 1.165) is 5.56 Å². The van der Waals surface area contributed by atoms with E-state index >= 15 is 0 Å². The number of halogens is 1. The SMILES string of the molecule is COc1ccc(/C=N/NC(=N)NO)cc1Cl. The van der Waals surface area contributed by atoms with Crippen molar-refractivity contribution in [3.63, 3.8) is 0 Å². The average molecular weight is 243 g/mol. The Kier molecular flexibility index (Phi) is 4.56. The van der Waals surface area contributed by atoms with Crippen LogP contribution in [0.25, 0.3) is 0 Å². The van der Waals surface area contributed by atoms with Gasteiger partial charge < -0.3 is 4.74 Å². The van der Waals surface area contributed by atoms with Gasteiger partial charge in [-0.15, -0.1) is 0 Å². The second-order valence-corrected chi connectivity index (χ2v) is 3.16. The molecule has 0 aliphatic rings. The van der Waals surface area contributed by atoms with Crippen LogP contribution < -0.4 is 15.6 Å². The molecule has 0 unspecified atom stereocenters. The topological polar surface area (TPSA) is 89.7 Å². The van der Waals surface area contributed by atoms with Crippen molar-refractivity contribution in [1.82, 2.24) is 10.9 Å². The summed E-state index contributed by atoms with van der Waals surface area (Å²) in [6, 6.07) is 5.13. The first kappa shape index (κ1) is 12.3. The lowest BCUT2D eigenvalue weighted by Gasteiger charge is -2.03. The highest BCUT2D eigenvalue weighted by Crippen LogP contribution is 2.24. The third kappa shape index (κ3) is 3.41. The molecule has 1 aromatic rings. The second kappa shape index (κ2) is 5.94. The number of hydrogen-bond donors (Lipinski definition) is 4. The number of ether oxygens (including phenoxy) is 1. The molecule has 0 spiro atoms. The lowest BCUT2D eigenvalue weighted by Crippen LogP contribution is -2.30. The number of hydrogen-bond acceptors (Lipinski definition) is 4. The maximum atomic E-state index is 8.30. The maximum absolute atomic E-state index is 8.30. The van der Waals surface area contributed by atoms with Crippen molar-refractivity contribution < 1.29 is 9.94 Å². The Morgan fingerprint density at radius 1 is 1.62 bits per heavy atom. The number of methoxy groups -OCH3 is 1. The Hall–Kier alpha value is -1.79. The van der Waals surface area contributed by atoms with Gasteiger partial charge in [-0.25, -0.2) is 10.9 Å². The first-order valence-electron chi connectivity index (χ1n) is 4.28. The summed E-state index contributed by atoms with van der Waals surface area (Å²) in [6.45, 7) is 0. The molecule has 0 saturated carbocycles. The van der Waals surface area contributed by atoms with Gasteiger partial charge in [0.25, 0.3) is 0 Å². The summed E-state index contributed by atoms with van der Waals surface area (Å²) in [6.07, 6.45) is 1.46. The highest BCUT2D eigenvalue weighted by atomic mass is 35.5. The summed E-state index contributed by atoms with van der Waals surface area (Å²) in [7, 11) is 1.53. The number of rotatable bonds is 3. The molecule has 0 aromatic heterocycles. The van der Waals surface area contributed by atoms with Crippen molar-refractivity contribution in [1.29, 1.82) is 5.41 Å². The van der Waals surface area contributed by atoms with Crippen molar-refractivity contribution in [2.75, 3.05) is 7.11 Å². The van der Waals surface area contributed by atoms with E-state index in [2.05, 4.69) is 10.5 Å². The molecule has 4 N–H and O–H groups in total. The van der Waals surface area contributed by atoms with E-state index in [1.807, 2.05) is 0 Å². The van der Waals surface area contributed by atoms with Crippen LogP contribution in [0.3, 0.4) is 0 Å². The summed E-state index contributed by atoms with van der Waals surface area (Å²) in [5.74, 6) is 0.257. The van der Waals surface area contributed by atoms with Crippen molar-refractivity contribution in [2.24, 2.45) is 5.10 Å². The first-order chi connectivity index (χ1) is 7.67. The van der Waals surface area contributed by atoms with Crippen molar-refractivity contribution >= 4 is 23.8 Å². The Morgan fingerprint density at radius 3 is 2.94 bits per heavy atom. The summed E-state index contributed by atoms with van der Waals surface area (Å²) < 4.78 is 4.99. The van der Waals surface area contributed by atoms with E-state index in [-0.39, 0.29) is 5.96 Å². The molecule has 0 bridgehead atoms. The minimum Gasteiger partial charge on any atom is -0.495 e. The predicted molar refractivity (Wildman–Crippen MR) is 61.4 cm³/mol. The monoisotopic (exact) mass is 242 g/mol. The smallest absolute Gasteiger partial charge is 0.233 e. The molecular weight excluding hydrogens is 232 g/mol. The van der Waals surface area contributed by atoms with E-state index in [1.165, 1.54) is 13.3 Å². The van der Waals surface area contributed by atoms with Gasteiger partial charge in [-0.2, -0.15) is 5.10 Å². The highest BCUT2D eigenvalue weighted by molar-refractivity contribution is 6.32. The number of nitrogens with one attached hydrogen (secondary N) is 3. The summed E-state index contributed by atoms with van der Waals surface area (Å²) in [5, 5.41) is 19.4. The van der Waals surface area contributed by atoms with Gasteiger partial charge in [-0.1, -0.05) is 11.6 Å². The lowest BCUT2D eigenvalue weighted by atomic mass is 10.2. The number of benzene rings is 1. The van der Waals surface area contributed by atoms with Crippen LogP contribution in [0.15, 0.2) is 23.3 Å². The van der Waals surface area contributed by atoms with Gasteiger partial charge in [0.1, 0.15) is 5.75 Å². The Balaban J connectivity index is 2.68. The number of nitrogens with zero attached hydrogens (tertiary/aromatic N) is 1. The normalized spacial score (nSPS) is 10.2. The van der Waals surface area contributed by atoms with Gasteiger partial charge in [-0.3, -0.25) is 10.6 Å². The molecular formula is C9H11ClN4O2. The maximum Gasteiger partial charge on any atom is 0.233 e. The Labute approximate surface area is 97.3 Å². The van der Waals surface area contributed by atoms with Crippen molar-refractivity contribution in [3.05, 3.63) is 28.8 Å². The van der Waals surface area contributed by atoms with E-state index in [4.69, 9.17) is 27.0 Å². The van der Waals surface area contributed by atoms with Crippen LogP contribution in [0.1, 0.15) is 5.56 Å². The van der Waals surface area contributed by atoms with Crippen LogP contribution in [0.4, 0.5) is 0 Å². The van der Waals surface area contributed by atoms with Crippen molar-refractivity contribution in [2.45, 2.75) is 0 Å². The Bertz CT molecular complexity index is 408. The van der Waals surface area contributed by atoms with Gasteiger partial charge in [0.15, 0.2) is 0 Å². The number of guanidine groups is 1. The van der Waals surface area contributed by atoms with E-state index in [1.54, 1.807) is 23.7 Å². The summed E-state index contributed by atoms with van der Waals surface area (Å²) in [4.78, 5) is 0. The number of hydrazone groups is 1. The van der Waals surface area contributed by atoms with Crippen LogP contribution in [0, 0.1) is 5.41 Å². The summed E-state index contributed by atoms with van der Waals surface area (Å²) in [5.41, 5.74) is 4.58. The minimum atomic E-state index is -0.323. The van der Waals surface area contributed by atoms with Gasteiger partial charge in [0.05, 0.1) is 18.3 Å². The molecule has 1 rings (SSSR count). The lowest BCUT2D eigenvalue weighted by molar-refractivity contribution is 0.228. The number of hydroxylamine groups is 1. The molecule has 0 fully saturated rings. The molecule has 7 heteroatoms. The second-order valence-electron chi connectivity index (χ2n) is 2.75. The fourth-order valence-corrected chi connectivity index (χ4v) is 1.23. The standard InChI is InChI=1S/C9H11ClN4O2/c1-16-8-3-2-6(4-7(8)10)5-12-13-9(11)14-15/h2-5,15H,1H3,(H3,11,13,14)/b12-5+. The van der Waals surface area contributed by atoms with E-state index in [0.29, 0.717) is 10.8 Å². The minimum absolute atomic E-state index is 0.323. The molecule has 86 valence electrons. The molecule has 1 aromatic carbocycles. The van der Waals surface area contributed by atoms with Gasteiger partial charge in [0, 0.05) is 0 Å². The van der Waals surface area contributed by atoms with Gasteiger partial charge >= 0.3 is 0 Å². The van der Waals surface area contributed by atoms with Crippen LogP contribution in [-0.4, -0.2) is 24.5 Å².